The van der Waals surface area contributed by atoms with Crippen molar-refractivity contribution in [3.05, 3.63) is 22.7 Å². The lowest BCUT2D eigenvalue weighted by Crippen LogP contribution is -2.44. The van der Waals surface area contributed by atoms with Crippen molar-refractivity contribution in [2.75, 3.05) is 18.9 Å². The number of nitrogens with two attached hydrogens (primary N) is 1. The van der Waals surface area contributed by atoms with Crippen molar-refractivity contribution in [3.8, 4) is 0 Å². The summed E-state index contributed by atoms with van der Waals surface area (Å²) >= 11 is 5.93. The molecule has 1 fully saturated rings. The zero-order valence-corrected chi connectivity index (χ0v) is 13.6. The lowest BCUT2D eigenvalue weighted by atomic mass is 10.0. The molecule has 118 valence electrons. The van der Waals surface area contributed by atoms with E-state index in [-0.39, 0.29) is 23.2 Å². The van der Waals surface area contributed by atoms with Crippen LogP contribution in [-0.2, 0) is 10.0 Å². The van der Waals surface area contributed by atoms with E-state index in [0.717, 1.165) is 19.3 Å². The van der Waals surface area contributed by atoms with Crippen LogP contribution in [0.3, 0.4) is 0 Å². The minimum atomic E-state index is -3.62. The average molecular weight is 333 g/mol. The van der Waals surface area contributed by atoms with Gasteiger partial charge in [0.1, 0.15) is 0 Å². The monoisotopic (exact) mass is 332 g/mol. The summed E-state index contributed by atoms with van der Waals surface area (Å²) in [4.78, 5) is 0.203. The highest BCUT2D eigenvalue weighted by molar-refractivity contribution is 7.89. The first-order chi connectivity index (χ1) is 9.87. The van der Waals surface area contributed by atoms with Crippen molar-refractivity contribution in [2.45, 2.75) is 43.5 Å². The Morgan fingerprint density at radius 3 is 2.81 bits per heavy atom. The van der Waals surface area contributed by atoms with Crippen LogP contribution in [0.1, 0.15) is 31.2 Å². The summed E-state index contributed by atoms with van der Waals surface area (Å²) in [6, 6.07) is 2.86. The molecule has 0 bridgehead atoms. The molecular weight excluding hydrogens is 312 g/mol. The van der Waals surface area contributed by atoms with E-state index in [1.807, 2.05) is 0 Å². The largest absolute Gasteiger partial charge is 0.397 e. The van der Waals surface area contributed by atoms with Crippen molar-refractivity contribution in [3.63, 3.8) is 0 Å². The second-order valence-electron chi connectivity index (χ2n) is 5.42. The van der Waals surface area contributed by atoms with E-state index in [1.54, 1.807) is 13.0 Å². The van der Waals surface area contributed by atoms with Gasteiger partial charge < -0.3 is 10.8 Å². The second kappa shape index (κ2) is 6.52. The normalized spacial score (nSPS) is 20.6. The maximum atomic E-state index is 12.9. The smallest absolute Gasteiger partial charge is 0.243 e. The molecule has 1 aliphatic heterocycles. The quantitative estimate of drug-likeness (QED) is 0.827. The highest BCUT2D eigenvalue weighted by Gasteiger charge is 2.34. The van der Waals surface area contributed by atoms with Crippen LogP contribution in [0.5, 0.6) is 0 Å². The van der Waals surface area contributed by atoms with Gasteiger partial charge in [-0.1, -0.05) is 18.0 Å². The number of rotatable bonds is 4. The molecule has 1 heterocycles. The molecule has 0 spiro atoms. The third-order valence-corrected chi connectivity index (χ3v) is 6.34. The molecule has 0 amide bonds. The fraction of sp³-hybridized carbons (Fsp3) is 0.571. The predicted octanol–water partition coefficient (Wildman–Crippen LogP) is 2.16. The molecule has 0 aromatic heterocycles. The Kier molecular flexibility index (Phi) is 5.14. The van der Waals surface area contributed by atoms with Crippen molar-refractivity contribution < 1.29 is 13.5 Å². The molecule has 21 heavy (non-hydrogen) atoms. The van der Waals surface area contributed by atoms with Gasteiger partial charge in [-0.15, -0.1) is 0 Å². The van der Waals surface area contributed by atoms with Crippen LogP contribution >= 0.6 is 11.6 Å². The van der Waals surface area contributed by atoms with Crippen LogP contribution in [0.25, 0.3) is 0 Å². The van der Waals surface area contributed by atoms with Gasteiger partial charge in [-0.05, 0) is 43.9 Å². The summed E-state index contributed by atoms with van der Waals surface area (Å²) in [6.45, 7) is 2.18. The van der Waals surface area contributed by atoms with Crippen LogP contribution < -0.4 is 5.73 Å². The topological polar surface area (TPSA) is 83.6 Å². The van der Waals surface area contributed by atoms with Gasteiger partial charge in [0.15, 0.2) is 0 Å². The van der Waals surface area contributed by atoms with Crippen molar-refractivity contribution in [1.29, 1.82) is 0 Å². The molecule has 1 saturated heterocycles. The molecule has 1 atom stereocenters. The Balaban J connectivity index is 2.43. The number of nitrogens with zero attached hydrogens (tertiary/aromatic N) is 1. The van der Waals surface area contributed by atoms with Crippen molar-refractivity contribution in [2.24, 2.45) is 0 Å². The van der Waals surface area contributed by atoms with Crippen LogP contribution in [0, 0.1) is 6.92 Å². The van der Waals surface area contributed by atoms with E-state index >= 15 is 0 Å². The molecule has 5 nitrogen and oxygen atoms in total. The number of halogens is 1. The molecule has 0 aliphatic carbocycles. The molecule has 1 aromatic rings. The standard InChI is InChI=1S/C14H21ClN2O3S/c1-10-8-12(15)13(16)9-14(10)21(19,20)17-6-3-2-4-11(17)5-7-18/h8-9,11,18H,2-7,16H2,1H3. The first-order valence-corrected chi connectivity index (χ1v) is 8.88. The fourth-order valence-corrected chi connectivity index (χ4v) is 4.99. The van der Waals surface area contributed by atoms with Gasteiger partial charge in [0.25, 0.3) is 0 Å². The summed E-state index contributed by atoms with van der Waals surface area (Å²) in [6.07, 6.45) is 3.06. The van der Waals surface area contributed by atoms with Gasteiger partial charge in [0.2, 0.25) is 10.0 Å². The minimum Gasteiger partial charge on any atom is -0.397 e. The molecular formula is C14H21ClN2O3S. The summed E-state index contributed by atoms with van der Waals surface area (Å²) in [7, 11) is -3.62. The third kappa shape index (κ3) is 3.34. The number of aliphatic hydroxyl groups excluding tert-OH is 1. The Labute approximate surface area is 130 Å². The number of benzene rings is 1. The number of aryl methyl sites for hydroxylation is 1. The highest BCUT2D eigenvalue weighted by Crippen LogP contribution is 2.32. The maximum absolute atomic E-state index is 12.9. The Morgan fingerprint density at radius 2 is 2.14 bits per heavy atom. The Hall–Kier alpha value is -0.820. The first kappa shape index (κ1) is 16.5. The molecule has 1 unspecified atom stereocenters. The summed E-state index contributed by atoms with van der Waals surface area (Å²) in [5.41, 5.74) is 6.60. The third-order valence-electron chi connectivity index (χ3n) is 3.92. The van der Waals surface area contributed by atoms with Crippen molar-refractivity contribution >= 4 is 27.3 Å². The Morgan fingerprint density at radius 1 is 1.43 bits per heavy atom. The van der Waals surface area contributed by atoms with E-state index in [9.17, 15) is 8.42 Å². The average Bonchev–Trinajstić information content (AvgIpc) is 2.43. The number of sulfonamides is 1. The summed E-state index contributed by atoms with van der Waals surface area (Å²) in [5, 5.41) is 9.51. The summed E-state index contributed by atoms with van der Waals surface area (Å²) < 4.78 is 27.3. The lowest BCUT2D eigenvalue weighted by molar-refractivity contribution is 0.192. The van der Waals surface area contributed by atoms with E-state index in [1.165, 1.54) is 10.4 Å². The minimum absolute atomic E-state index is 0.0155. The van der Waals surface area contributed by atoms with E-state index < -0.39 is 10.0 Å². The molecule has 0 saturated carbocycles. The van der Waals surface area contributed by atoms with Gasteiger partial charge in [0.05, 0.1) is 15.6 Å². The van der Waals surface area contributed by atoms with Crippen LogP contribution in [-0.4, -0.2) is 37.0 Å². The van der Waals surface area contributed by atoms with Gasteiger partial charge in [-0.25, -0.2) is 8.42 Å². The first-order valence-electron chi connectivity index (χ1n) is 7.06. The number of piperidine rings is 1. The maximum Gasteiger partial charge on any atom is 0.243 e. The molecule has 2 rings (SSSR count). The number of anilines is 1. The second-order valence-corrected chi connectivity index (χ2v) is 7.68. The van der Waals surface area contributed by atoms with Gasteiger partial charge >= 0.3 is 0 Å². The number of hydrogen-bond donors (Lipinski definition) is 2. The predicted molar refractivity (Wildman–Crippen MR) is 83.8 cm³/mol. The number of aliphatic hydroxyl groups is 1. The Bertz CT molecular complexity index is 617. The van der Waals surface area contributed by atoms with Gasteiger partial charge in [-0.3, -0.25) is 0 Å². The molecule has 7 heteroatoms. The van der Waals surface area contributed by atoms with E-state index in [2.05, 4.69) is 0 Å². The molecule has 1 aliphatic rings. The number of hydrogen-bond acceptors (Lipinski definition) is 4. The van der Waals surface area contributed by atoms with Crippen LogP contribution in [0.4, 0.5) is 5.69 Å². The number of nitrogen functional groups attached to an aromatic ring is 1. The molecule has 3 N–H and O–H groups in total. The SMILES string of the molecule is Cc1cc(Cl)c(N)cc1S(=O)(=O)N1CCCCC1CCO. The highest BCUT2D eigenvalue weighted by atomic mass is 35.5. The van der Waals surface area contributed by atoms with E-state index in [0.29, 0.717) is 23.6 Å². The zero-order valence-electron chi connectivity index (χ0n) is 12.0. The zero-order chi connectivity index (χ0) is 15.6. The van der Waals surface area contributed by atoms with E-state index in [4.69, 9.17) is 22.4 Å². The fourth-order valence-electron chi connectivity index (χ4n) is 2.80. The summed E-state index contributed by atoms with van der Waals surface area (Å²) in [5.74, 6) is 0. The van der Waals surface area contributed by atoms with Crippen LogP contribution in [0.2, 0.25) is 5.02 Å². The van der Waals surface area contributed by atoms with Crippen LogP contribution in [0.15, 0.2) is 17.0 Å². The lowest BCUT2D eigenvalue weighted by Gasteiger charge is -2.34. The molecule has 1 aromatic carbocycles. The van der Waals surface area contributed by atoms with Gasteiger partial charge in [0, 0.05) is 19.2 Å². The van der Waals surface area contributed by atoms with Crippen molar-refractivity contribution in [1.82, 2.24) is 4.31 Å². The van der Waals surface area contributed by atoms with Gasteiger partial charge in [-0.2, -0.15) is 4.31 Å². The molecule has 0 radical (unpaired) electrons.